The van der Waals surface area contributed by atoms with Crippen LogP contribution in [0.3, 0.4) is 0 Å². The van der Waals surface area contributed by atoms with Gasteiger partial charge >= 0.3 is 11.9 Å². The summed E-state index contributed by atoms with van der Waals surface area (Å²) in [6.07, 6.45) is -4.17. The number of benzene rings is 1. The lowest BCUT2D eigenvalue weighted by Gasteiger charge is -2.08. The van der Waals surface area contributed by atoms with Crippen molar-refractivity contribution in [1.29, 1.82) is 0 Å². The van der Waals surface area contributed by atoms with Gasteiger partial charge in [0.05, 0.1) is 4.92 Å². The second-order valence-corrected chi connectivity index (χ2v) is 4.98. The van der Waals surface area contributed by atoms with E-state index in [0.717, 1.165) is 5.56 Å². The normalized spacial score (nSPS) is 11.7. The van der Waals surface area contributed by atoms with E-state index in [1.807, 2.05) is 6.92 Å². The molecule has 2 heterocycles. The number of aromatic nitrogens is 4. The molecule has 8 nitrogen and oxygen atoms in total. The van der Waals surface area contributed by atoms with Crippen molar-refractivity contribution >= 4 is 11.3 Å². The zero-order valence-electron chi connectivity index (χ0n) is 12.7. The zero-order chi connectivity index (χ0) is 18.2. The number of ether oxygens (including phenoxy) is 1. The monoisotopic (exact) mass is 353 g/mol. The molecule has 0 N–H and O–H groups in total. The molecule has 25 heavy (non-hydrogen) atoms. The first-order chi connectivity index (χ1) is 11.8. The molecule has 1 aromatic carbocycles. The Morgan fingerprint density at radius 3 is 2.64 bits per heavy atom. The number of hydrogen-bond donors (Lipinski definition) is 0. The molecule has 0 unspecified atom stereocenters. The van der Waals surface area contributed by atoms with Crippen LogP contribution in [0.1, 0.15) is 18.3 Å². The average molecular weight is 353 g/mol. The summed E-state index contributed by atoms with van der Waals surface area (Å²) < 4.78 is 44.4. The summed E-state index contributed by atoms with van der Waals surface area (Å²) in [4.78, 5) is 10.5. The number of nitro groups is 1. The quantitative estimate of drug-likeness (QED) is 0.527. The fourth-order valence-electron chi connectivity index (χ4n) is 2.13. The first-order valence-corrected chi connectivity index (χ1v) is 7.04. The highest BCUT2D eigenvalue weighted by Gasteiger charge is 2.37. The molecule has 2 aromatic heterocycles. The van der Waals surface area contributed by atoms with Gasteiger partial charge in [-0.15, -0.1) is 15.3 Å². The predicted molar refractivity (Wildman–Crippen MR) is 78.3 cm³/mol. The molecule has 0 fully saturated rings. The molecule has 0 radical (unpaired) electrons. The van der Waals surface area contributed by atoms with E-state index >= 15 is 0 Å². The molecule has 0 atom stereocenters. The molecule has 0 aliphatic carbocycles. The van der Waals surface area contributed by atoms with E-state index in [2.05, 4.69) is 15.3 Å². The van der Waals surface area contributed by atoms with Crippen LogP contribution >= 0.6 is 0 Å². The van der Waals surface area contributed by atoms with Gasteiger partial charge in [-0.05, 0) is 24.1 Å². The van der Waals surface area contributed by atoms with Gasteiger partial charge in [-0.1, -0.05) is 13.0 Å². The second-order valence-electron chi connectivity index (χ2n) is 4.98. The summed E-state index contributed by atoms with van der Waals surface area (Å²) in [5.74, 6) is -1.70. The fourth-order valence-corrected chi connectivity index (χ4v) is 2.13. The molecule has 3 aromatic rings. The standard InChI is InChI=1S/C14H10F3N5O3/c1-2-8-3-4-10(9(7-8)22(23)24)25-12-6-5-11-18-19-13(14(15,16)17)21(11)20-12/h3-7H,2H2,1H3. The summed E-state index contributed by atoms with van der Waals surface area (Å²) in [5, 5.41) is 21.2. The molecular weight excluding hydrogens is 343 g/mol. The van der Waals surface area contributed by atoms with Crippen molar-refractivity contribution in [3.63, 3.8) is 0 Å². The first kappa shape index (κ1) is 16.6. The van der Waals surface area contributed by atoms with Crippen molar-refractivity contribution in [1.82, 2.24) is 19.8 Å². The maximum Gasteiger partial charge on any atom is 0.453 e. The van der Waals surface area contributed by atoms with E-state index in [9.17, 15) is 23.3 Å². The maximum atomic E-state index is 12.9. The second kappa shape index (κ2) is 6.00. The molecule has 0 aliphatic rings. The summed E-state index contributed by atoms with van der Waals surface area (Å²) >= 11 is 0. The van der Waals surface area contributed by atoms with Gasteiger partial charge in [-0.25, -0.2) is 0 Å². The van der Waals surface area contributed by atoms with Crippen molar-refractivity contribution in [3.05, 3.63) is 51.8 Å². The van der Waals surface area contributed by atoms with Gasteiger partial charge in [0.2, 0.25) is 11.6 Å². The summed E-state index contributed by atoms with van der Waals surface area (Å²) in [5.41, 5.74) is 0.289. The molecule has 130 valence electrons. The Labute approximate surface area is 138 Å². The van der Waals surface area contributed by atoms with Crippen LogP contribution in [-0.4, -0.2) is 24.7 Å². The summed E-state index contributed by atoms with van der Waals surface area (Å²) in [6, 6.07) is 6.81. The lowest BCUT2D eigenvalue weighted by Crippen LogP contribution is -2.12. The van der Waals surface area contributed by atoms with Crippen molar-refractivity contribution in [2.24, 2.45) is 0 Å². The van der Waals surface area contributed by atoms with E-state index in [1.165, 1.54) is 24.3 Å². The van der Waals surface area contributed by atoms with Gasteiger partial charge in [-0.3, -0.25) is 10.1 Å². The van der Waals surface area contributed by atoms with Crippen LogP contribution in [0.4, 0.5) is 18.9 Å². The average Bonchev–Trinajstić information content (AvgIpc) is 2.98. The number of fused-ring (bicyclic) bond motifs is 1. The molecule has 0 saturated carbocycles. The predicted octanol–water partition coefficient (Wildman–Crippen LogP) is 3.41. The van der Waals surface area contributed by atoms with Crippen LogP contribution in [0.2, 0.25) is 0 Å². The smallest absolute Gasteiger partial charge is 0.430 e. The Morgan fingerprint density at radius 1 is 1.24 bits per heavy atom. The van der Waals surface area contributed by atoms with Crippen molar-refractivity contribution in [3.8, 4) is 11.6 Å². The number of nitrogens with zero attached hydrogens (tertiary/aromatic N) is 5. The minimum Gasteiger partial charge on any atom is -0.430 e. The van der Waals surface area contributed by atoms with Gasteiger partial charge in [0.25, 0.3) is 5.82 Å². The van der Waals surface area contributed by atoms with Crippen LogP contribution < -0.4 is 4.74 Å². The van der Waals surface area contributed by atoms with Gasteiger partial charge in [-0.2, -0.15) is 17.7 Å². The third-order valence-electron chi connectivity index (χ3n) is 3.33. The van der Waals surface area contributed by atoms with Crippen LogP contribution in [-0.2, 0) is 12.6 Å². The Kier molecular flexibility index (Phi) is 3.99. The molecule has 0 aliphatic heterocycles. The van der Waals surface area contributed by atoms with E-state index in [0.29, 0.717) is 10.9 Å². The van der Waals surface area contributed by atoms with Gasteiger partial charge < -0.3 is 4.74 Å². The Bertz CT molecular complexity index is 955. The third-order valence-corrected chi connectivity index (χ3v) is 3.33. The fraction of sp³-hybridized carbons (Fsp3) is 0.214. The van der Waals surface area contributed by atoms with Gasteiger partial charge in [0.15, 0.2) is 5.65 Å². The highest BCUT2D eigenvalue weighted by molar-refractivity contribution is 5.50. The van der Waals surface area contributed by atoms with Crippen molar-refractivity contribution < 1.29 is 22.8 Å². The van der Waals surface area contributed by atoms with E-state index < -0.39 is 16.9 Å². The third kappa shape index (κ3) is 3.20. The highest BCUT2D eigenvalue weighted by Crippen LogP contribution is 2.32. The minimum absolute atomic E-state index is 0.129. The number of rotatable bonds is 4. The number of aryl methyl sites for hydroxylation is 1. The van der Waals surface area contributed by atoms with Crippen molar-refractivity contribution in [2.75, 3.05) is 0 Å². The molecule has 0 amide bonds. The lowest BCUT2D eigenvalue weighted by atomic mass is 10.1. The maximum absolute atomic E-state index is 12.9. The van der Waals surface area contributed by atoms with Crippen molar-refractivity contribution in [2.45, 2.75) is 19.5 Å². The first-order valence-electron chi connectivity index (χ1n) is 7.04. The molecule has 0 bridgehead atoms. The molecule has 0 saturated heterocycles. The summed E-state index contributed by atoms with van der Waals surface area (Å²) in [7, 11) is 0. The Morgan fingerprint density at radius 2 is 2.00 bits per heavy atom. The zero-order valence-corrected chi connectivity index (χ0v) is 12.7. The van der Waals surface area contributed by atoms with Gasteiger partial charge in [0, 0.05) is 12.1 Å². The molecular formula is C14H10F3N5O3. The van der Waals surface area contributed by atoms with Crippen LogP contribution in [0.5, 0.6) is 11.6 Å². The lowest BCUT2D eigenvalue weighted by molar-refractivity contribution is -0.385. The largest absolute Gasteiger partial charge is 0.453 e. The van der Waals surface area contributed by atoms with Crippen LogP contribution in [0, 0.1) is 10.1 Å². The highest BCUT2D eigenvalue weighted by atomic mass is 19.4. The van der Waals surface area contributed by atoms with E-state index in [1.54, 1.807) is 6.07 Å². The van der Waals surface area contributed by atoms with E-state index in [4.69, 9.17) is 4.74 Å². The topological polar surface area (TPSA) is 95.5 Å². The van der Waals surface area contributed by atoms with E-state index in [-0.39, 0.29) is 23.0 Å². The SMILES string of the molecule is CCc1ccc(Oc2ccc3nnc(C(F)(F)F)n3n2)c([N+](=O)[O-])c1. The Balaban J connectivity index is 2.02. The van der Waals surface area contributed by atoms with Crippen LogP contribution in [0.15, 0.2) is 30.3 Å². The van der Waals surface area contributed by atoms with Gasteiger partial charge in [0.1, 0.15) is 0 Å². The number of nitro benzene ring substituents is 1. The summed E-state index contributed by atoms with van der Waals surface area (Å²) in [6.45, 7) is 1.83. The molecule has 3 rings (SSSR count). The minimum atomic E-state index is -4.75. The Hall–Kier alpha value is -3.24. The van der Waals surface area contributed by atoms with Crippen LogP contribution in [0.25, 0.3) is 5.65 Å². The number of hydrogen-bond acceptors (Lipinski definition) is 6. The molecule has 0 spiro atoms. The number of halogens is 3. The number of alkyl halides is 3. The molecule has 11 heteroatoms.